The van der Waals surface area contributed by atoms with Crippen LogP contribution in [0.4, 0.5) is 5.82 Å². The lowest BCUT2D eigenvalue weighted by Gasteiger charge is -2.16. The number of sulfone groups is 1. The molecule has 0 bridgehead atoms. The summed E-state index contributed by atoms with van der Waals surface area (Å²) < 4.78 is 26.6. The lowest BCUT2D eigenvalue weighted by Crippen LogP contribution is -2.17. The molecule has 0 spiro atoms. The molecule has 31 heavy (non-hydrogen) atoms. The minimum atomic E-state index is -4.06. The first-order valence-electron chi connectivity index (χ1n) is 9.42. The molecule has 1 unspecified atom stereocenters. The monoisotopic (exact) mass is 448 g/mol. The second-order valence-electron chi connectivity index (χ2n) is 6.79. The number of rotatable bonds is 6. The van der Waals surface area contributed by atoms with Gasteiger partial charge in [-0.1, -0.05) is 54.1 Å². The minimum absolute atomic E-state index is 0.00702. The van der Waals surface area contributed by atoms with Gasteiger partial charge >= 0.3 is 0 Å². The standard InChI is InChI=1S/C23H17ClN4O2S/c24-17-10-12-18(13-11-17)31(29,30)21(14-25)22-23(26-15-16-6-2-1-3-7-16)28-20-9-5-4-8-19(20)27-22/h1-13,21H,15H2,(H,26,28). The number of halogens is 1. The molecule has 0 aliphatic heterocycles. The van der Waals surface area contributed by atoms with E-state index in [-0.39, 0.29) is 16.4 Å². The summed E-state index contributed by atoms with van der Waals surface area (Å²) in [5, 5.41) is 11.9. The molecule has 8 heteroatoms. The fourth-order valence-corrected chi connectivity index (χ4v) is 4.66. The molecule has 1 heterocycles. The summed E-state index contributed by atoms with van der Waals surface area (Å²) in [7, 11) is -4.06. The van der Waals surface area contributed by atoms with Crippen LogP contribution in [-0.4, -0.2) is 18.4 Å². The Hall–Kier alpha value is -3.47. The van der Waals surface area contributed by atoms with E-state index in [4.69, 9.17) is 11.6 Å². The van der Waals surface area contributed by atoms with Crippen LogP contribution in [0.5, 0.6) is 0 Å². The first-order valence-corrected chi connectivity index (χ1v) is 11.3. The number of benzene rings is 3. The van der Waals surface area contributed by atoms with Crippen LogP contribution in [0.1, 0.15) is 16.5 Å². The molecule has 0 saturated carbocycles. The Morgan fingerprint density at radius 3 is 2.16 bits per heavy atom. The van der Waals surface area contributed by atoms with Gasteiger partial charge in [-0.05, 0) is 42.0 Å². The molecule has 4 rings (SSSR count). The van der Waals surface area contributed by atoms with E-state index >= 15 is 0 Å². The molecule has 0 aliphatic rings. The molecule has 3 aromatic carbocycles. The number of nitriles is 1. The second-order valence-corrected chi connectivity index (χ2v) is 9.26. The van der Waals surface area contributed by atoms with Crippen molar-refractivity contribution >= 4 is 38.3 Å². The van der Waals surface area contributed by atoms with Crippen LogP contribution in [0, 0.1) is 11.3 Å². The molecule has 4 aromatic rings. The number of anilines is 1. The van der Waals surface area contributed by atoms with E-state index in [0.717, 1.165) is 5.56 Å². The predicted octanol–water partition coefficient (Wildman–Crippen LogP) is 4.93. The molecule has 154 valence electrons. The van der Waals surface area contributed by atoms with Gasteiger partial charge in [0, 0.05) is 11.6 Å². The third kappa shape index (κ3) is 4.36. The van der Waals surface area contributed by atoms with Crippen molar-refractivity contribution < 1.29 is 8.42 Å². The summed E-state index contributed by atoms with van der Waals surface area (Å²) in [5.41, 5.74) is 2.15. The maximum absolute atomic E-state index is 13.3. The summed E-state index contributed by atoms with van der Waals surface area (Å²) >= 11 is 5.89. The van der Waals surface area contributed by atoms with Crippen molar-refractivity contribution in [1.29, 1.82) is 5.26 Å². The topological polar surface area (TPSA) is 95.7 Å². The molecular formula is C23H17ClN4O2S. The second kappa shape index (κ2) is 8.72. The van der Waals surface area contributed by atoms with Gasteiger partial charge in [-0.3, -0.25) is 0 Å². The normalized spacial score (nSPS) is 12.3. The van der Waals surface area contributed by atoms with Crippen molar-refractivity contribution in [3.05, 3.63) is 95.1 Å². The summed E-state index contributed by atoms with van der Waals surface area (Å²) in [5.74, 6) is 0.256. The van der Waals surface area contributed by atoms with E-state index < -0.39 is 15.1 Å². The lowest BCUT2D eigenvalue weighted by atomic mass is 10.2. The largest absolute Gasteiger partial charge is 0.364 e. The number of nitrogens with one attached hydrogen (secondary N) is 1. The van der Waals surface area contributed by atoms with Crippen LogP contribution in [0.2, 0.25) is 5.02 Å². The molecule has 0 saturated heterocycles. The molecule has 0 fully saturated rings. The van der Waals surface area contributed by atoms with Gasteiger partial charge in [-0.25, -0.2) is 18.4 Å². The predicted molar refractivity (Wildman–Crippen MR) is 120 cm³/mol. The van der Waals surface area contributed by atoms with Crippen LogP contribution in [-0.2, 0) is 16.4 Å². The molecule has 1 atom stereocenters. The van der Waals surface area contributed by atoms with Crippen molar-refractivity contribution in [2.75, 3.05) is 5.32 Å². The Bertz CT molecular complexity index is 1370. The zero-order valence-electron chi connectivity index (χ0n) is 16.2. The minimum Gasteiger partial charge on any atom is -0.364 e. The summed E-state index contributed by atoms with van der Waals surface area (Å²) in [6.07, 6.45) is 0. The molecule has 6 nitrogen and oxygen atoms in total. The fourth-order valence-electron chi connectivity index (χ4n) is 3.15. The third-order valence-corrected chi connectivity index (χ3v) is 6.85. The highest BCUT2D eigenvalue weighted by atomic mass is 35.5. The zero-order valence-corrected chi connectivity index (χ0v) is 17.8. The molecular weight excluding hydrogens is 432 g/mol. The van der Waals surface area contributed by atoms with E-state index in [1.807, 2.05) is 42.5 Å². The lowest BCUT2D eigenvalue weighted by molar-refractivity contribution is 0.590. The van der Waals surface area contributed by atoms with Crippen LogP contribution >= 0.6 is 11.6 Å². The van der Waals surface area contributed by atoms with E-state index in [2.05, 4.69) is 15.3 Å². The number of para-hydroxylation sites is 2. The van der Waals surface area contributed by atoms with Crippen LogP contribution in [0.25, 0.3) is 11.0 Å². The summed E-state index contributed by atoms with van der Waals surface area (Å²) in [6, 6.07) is 24.4. The Morgan fingerprint density at radius 1 is 0.903 bits per heavy atom. The van der Waals surface area contributed by atoms with Gasteiger partial charge in [0.1, 0.15) is 5.69 Å². The number of hydrogen-bond donors (Lipinski definition) is 1. The van der Waals surface area contributed by atoms with E-state index in [1.54, 1.807) is 18.2 Å². The number of nitrogens with zero attached hydrogens (tertiary/aromatic N) is 3. The average Bonchev–Trinajstić information content (AvgIpc) is 2.79. The zero-order chi connectivity index (χ0) is 21.8. The van der Waals surface area contributed by atoms with Gasteiger partial charge in [-0.2, -0.15) is 5.26 Å². The average molecular weight is 449 g/mol. The smallest absolute Gasteiger partial charge is 0.200 e. The van der Waals surface area contributed by atoms with Gasteiger partial charge in [0.25, 0.3) is 0 Å². The van der Waals surface area contributed by atoms with Crippen molar-refractivity contribution in [2.45, 2.75) is 16.7 Å². The van der Waals surface area contributed by atoms with E-state index in [0.29, 0.717) is 22.6 Å². The van der Waals surface area contributed by atoms with E-state index in [1.165, 1.54) is 24.3 Å². The van der Waals surface area contributed by atoms with Gasteiger partial charge in [-0.15, -0.1) is 0 Å². The summed E-state index contributed by atoms with van der Waals surface area (Å²) in [4.78, 5) is 9.08. The first-order chi connectivity index (χ1) is 15.0. The number of fused-ring (bicyclic) bond motifs is 1. The van der Waals surface area contributed by atoms with Crippen LogP contribution in [0.3, 0.4) is 0 Å². The fraction of sp³-hybridized carbons (Fsp3) is 0.0870. The Balaban J connectivity index is 1.81. The highest BCUT2D eigenvalue weighted by Crippen LogP contribution is 2.33. The third-order valence-electron chi connectivity index (χ3n) is 4.72. The first kappa shape index (κ1) is 20.8. The van der Waals surface area contributed by atoms with Gasteiger partial charge < -0.3 is 5.32 Å². The van der Waals surface area contributed by atoms with Crippen molar-refractivity contribution in [3.8, 4) is 6.07 Å². The van der Waals surface area contributed by atoms with Gasteiger partial charge in [0.05, 0.1) is 22.0 Å². The van der Waals surface area contributed by atoms with Gasteiger partial charge in [0.15, 0.2) is 11.1 Å². The molecule has 0 radical (unpaired) electrons. The van der Waals surface area contributed by atoms with Crippen LogP contribution < -0.4 is 5.32 Å². The SMILES string of the molecule is N#CC(c1nc2ccccc2nc1NCc1ccccc1)S(=O)(=O)c1ccc(Cl)cc1. The van der Waals surface area contributed by atoms with Crippen molar-refractivity contribution in [1.82, 2.24) is 9.97 Å². The van der Waals surface area contributed by atoms with Crippen molar-refractivity contribution in [2.24, 2.45) is 0 Å². The van der Waals surface area contributed by atoms with E-state index in [9.17, 15) is 13.7 Å². The van der Waals surface area contributed by atoms with Gasteiger partial charge in [0.2, 0.25) is 9.84 Å². The Labute approximate surface area is 185 Å². The molecule has 1 N–H and O–H groups in total. The molecule has 1 aromatic heterocycles. The van der Waals surface area contributed by atoms with Crippen LogP contribution in [0.15, 0.2) is 83.8 Å². The Kier molecular flexibility index (Phi) is 5.85. The molecule has 0 aliphatic carbocycles. The maximum Gasteiger partial charge on any atom is 0.200 e. The molecule has 0 amide bonds. The quantitative estimate of drug-likeness (QED) is 0.449. The summed E-state index contributed by atoms with van der Waals surface area (Å²) in [6.45, 7) is 0.403. The van der Waals surface area contributed by atoms with Crippen molar-refractivity contribution in [3.63, 3.8) is 0 Å². The highest BCUT2D eigenvalue weighted by Gasteiger charge is 2.33. The highest BCUT2D eigenvalue weighted by molar-refractivity contribution is 7.92. The maximum atomic E-state index is 13.3. The Morgan fingerprint density at radius 2 is 1.52 bits per heavy atom. The number of hydrogen-bond acceptors (Lipinski definition) is 6. The number of aromatic nitrogens is 2.